The van der Waals surface area contributed by atoms with Crippen LogP contribution in [0.5, 0.6) is 0 Å². The maximum Gasteiger partial charge on any atom is 0.410 e. The number of hydrogen-bond donors (Lipinski definition) is 2. The number of carbonyl (C=O) groups excluding carboxylic acids is 2. The standard InChI is InChI=1S/C25H31N5O3/c26-12-15-1-4-21(27-13-15)28-20-5-6-30(14-20)24(32)33-22-17-7-16-8-18(22)11-25(9-16,10-17)23(31)29-19-2-3-19/h1,4,13,16-20,22H,2-3,5-11,14H2,(H,27,28)(H,29,31)/t16?,17-,18?,20-,22?,25?/m1/s1. The van der Waals surface area contributed by atoms with E-state index in [9.17, 15) is 9.59 Å². The van der Waals surface area contributed by atoms with Gasteiger partial charge >= 0.3 is 6.09 Å². The molecule has 1 saturated heterocycles. The summed E-state index contributed by atoms with van der Waals surface area (Å²) in [5.74, 6) is 2.20. The lowest BCUT2D eigenvalue weighted by molar-refractivity contribution is -0.164. The quantitative estimate of drug-likeness (QED) is 0.715. The van der Waals surface area contributed by atoms with Crippen LogP contribution in [0.3, 0.4) is 0 Å². The molecular weight excluding hydrogens is 418 g/mol. The SMILES string of the molecule is N#Cc1ccc(N[C@@H]2CCN(C(=O)OC3C4CC5C[C@@H]3CC(C(=O)NC3CC3)(C5)C4)C2)nc1. The normalized spacial score (nSPS) is 36.3. The number of aromatic nitrogens is 1. The molecule has 174 valence electrons. The van der Waals surface area contributed by atoms with Crippen molar-refractivity contribution in [1.29, 1.82) is 5.26 Å². The fourth-order valence-electron chi connectivity index (χ4n) is 7.00. The second kappa shape index (κ2) is 7.89. The summed E-state index contributed by atoms with van der Waals surface area (Å²) < 4.78 is 6.13. The molecule has 1 aliphatic heterocycles. The number of hydrogen-bond acceptors (Lipinski definition) is 6. The van der Waals surface area contributed by atoms with Gasteiger partial charge in [-0.1, -0.05) is 0 Å². The van der Waals surface area contributed by atoms with Gasteiger partial charge in [-0.25, -0.2) is 9.78 Å². The monoisotopic (exact) mass is 449 g/mol. The zero-order valence-corrected chi connectivity index (χ0v) is 18.8. The van der Waals surface area contributed by atoms with Gasteiger partial charge in [0.05, 0.1) is 11.0 Å². The number of nitrogens with one attached hydrogen (secondary N) is 2. The van der Waals surface area contributed by atoms with E-state index in [4.69, 9.17) is 10.00 Å². The molecule has 0 aromatic carbocycles. The Morgan fingerprint density at radius 1 is 1.12 bits per heavy atom. The largest absolute Gasteiger partial charge is 0.446 e. The van der Waals surface area contributed by atoms with E-state index in [0.29, 0.717) is 48.3 Å². The number of likely N-dealkylation sites (tertiary alicyclic amines) is 1. The molecule has 1 aromatic rings. The molecular formula is C25H31N5O3. The van der Waals surface area contributed by atoms with Crippen LogP contribution in [-0.2, 0) is 9.53 Å². The molecule has 6 atom stereocenters. The molecule has 4 bridgehead atoms. The Kier molecular flexibility index (Phi) is 4.97. The van der Waals surface area contributed by atoms with E-state index in [1.807, 2.05) is 0 Å². The number of rotatable bonds is 5. The fourth-order valence-corrected chi connectivity index (χ4v) is 7.00. The third-order valence-corrected chi connectivity index (χ3v) is 8.51. The number of ether oxygens (including phenoxy) is 1. The minimum atomic E-state index is -0.223. The number of carbonyl (C=O) groups is 2. The topological polar surface area (TPSA) is 107 Å². The number of anilines is 1. The van der Waals surface area contributed by atoms with Crippen LogP contribution in [-0.4, -0.2) is 53.2 Å². The maximum atomic E-state index is 13.1. The van der Waals surface area contributed by atoms with Gasteiger partial charge in [0.15, 0.2) is 0 Å². The van der Waals surface area contributed by atoms with Gasteiger partial charge in [0.25, 0.3) is 0 Å². The second-order valence-electron chi connectivity index (χ2n) is 11.0. The Labute approximate surface area is 194 Å². The molecule has 8 heteroatoms. The zero-order chi connectivity index (χ0) is 22.6. The van der Waals surface area contributed by atoms with Crippen LogP contribution in [0.1, 0.15) is 56.9 Å². The molecule has 2 heterocycles. The number of pyridine rings is 1. The lowest BCUT2D eigenvalue weighted by atomic mass is 9.48. The van der Waals surface area contributed by atoms with E-state index in [0.717, 1.165) is 51.4 Å². The smallest absolute Gasteiger partial charge is 0.410 e. The van der Waals surface area contributed by atoms with Crippen LogP contribution in [0, 0.1) is 34.5 Å². The van der Waals surface area contributed by atoms with Gasteiger partial charge in [0, 0.05) is 31.4 Å². The van der Waals surface area contributed by atoms with Crippen molar-refractivity contribution < 1.29 is 14.3 Å². The molecule has 5 saturated carbocycles. The first-order chi connectivity index (χ1) is 16.0. The Hall–Kier alpha value is -2.82. The van der Waals surface area contributed by atoms with Crippen molar-refractivity contribution in [2.24, 2.45) is 23.2 Å². The van der Waals surface area contributed by atoms with Crippen molar-refractivity contribution >= 4 is 17.8 Å². The summed E-state index contributed by atoms with van der Waals surface area (Å²) in [5, 5.41) is 15.5. The molecule has 2 amide bonds. The van der Waals surface area contributed by atoms with Crippen LogP contribution in [0.4, 0.5) is 10.6 Å². The van der Waals surface area contributed by atoms with Gasteiger partial charge in [-0.3, -0.25) is 4.79 Å². The van der Waals surface area contributed by atoms with Crippen molar-refractivity contribution in [2.75, 3.05) is 18.4 Å². The molecule has 5 aliphatic carbocycles. The van der Waals surface area contributed by atoms with Crippen molar-refractivity contribution in [3.63, 3.8) is 0 Å². The van der Waals surface area contributed by atoms with Crippen LogP contribution in [0.15, 0.2) is 18.3 Å². The fraction of sp³-hybridized carbons (Fsp3) is 0.680. The molecule has 0 spiro atoms. The summed E-state index contributed by atoms with van der Waals surface area (Å²) in [6, 6.07) is 6.11. The molecule has 33 heavy (non-hydrogen) atoms. The minimum absolute atomic E-state index is 0.0527. The molecule has 0 radical (unpaired) electrons. The molecule has 6 fully saturated rings. The highest BCUT2D eigenvalue weighted by Crippen LogP contribution is 2.61. The molecule has 2 N–H and O–H groups in total. The highest BCUT2D eigenvalue weighted by Gasteiger charge is 2.60. The van der Waals surface area contributed by atoms with Gasteiger partial charge in [0.2, 0.25) is 5.91 Å². The Bertz CT molecular complexity index is 969. The van der Waals surface area contributed by atoms with Crippen LogP contribution < -0.4 is 10.6 Å². The third-order valence-electron chi connectivity index (χ3n) is 8.51. The molecule has 1 aromatic heterocycles. The zero-order valence-electron chi connectivity index (χ0n) is 18.8. The average molecular weight is 450 g/mol. The van der Waals surface area contributed by atoms with E-state index in [2.05, 4.69) is 21.7 Å². The minimum Gasteiger partial charge on any atom is -0.446 e. The molecule has 6 aliphatic rings. The first kappa shape index (κ1) is 20.8. The number of nitrogens with zero attached hydrogens (tertiary/aromatic N) is 3. The molecule has 8 nitrogen and oxygen atoms in total. The van der Waals surface area contributed by atoms with Crippen LogP contribution in [0.2, 0.25) is 0 Å². The summed E-state index contributed by atoms with van der Waals surface area (Å²) in [6.45, 7) is 1.24. The number of amides is 2. The Morgan fingerprint density at radius 2 is 1.91 bits per heavy atom. The summed E-state index contributed by atoms with van der Waals surface area (Å²) in [7, 11) is 0. The predicted octanol–water partition coefficient (Wildman–Crippen LogP) is 3.05. The highest BCUT2D eigenvalue weighted by molar-refractivity contribution is 5.83. The van der Waals surface area contributed by atoms with Gasteiger partial charge < -0.3 is 20.3 Å². The van der Waals surface area contributed by atoms with E-state index >= 15 is 0 Å². The molecule has 4 unspecified atom stereocenters. The Morgan fingerprint density at radius 3 is 2.58 bits per heavy atom. The second-order valence-corrected chi connectivity index (χ2v) is 11.0. The number of nitriles is 1. The van der Waals surface area contributed by atoms with E-state index in [1.54, 1.807) is 23.2 Å². The van der Waals surface area contributed by atoms with Gasteiger partial charge in [-0.2, -0.15) is 5.26 Å². The van der Waals surface area contributed by atoms with E-state index in [1.165, 1.54) is 0 Å². The van der Waals surface area contributed by atoms with Gasteiger partial charge in [-0.15, -0.1) is 0 Å². The van der Waals surface area contributed by atoms with Crippen molar-refractivity contribution in [1.82, 2.24) is 15.2 Å². The van der Waals surface area contributed by atoms with Crippen LogP contribution in [0.25, 0.3) is 0 Å². The summed E-state index contributed by atoms with van der Waals surface area (Å²) in [5.41, 5.74) is 0.304. The van der Waals surface area contributed by atoms with Gasteiger partial charge in [0.1, 0.15) is 18.0 Å². The van der Waals surface area contributed by atoms with Crippen molar-refractivity contribution in [3.05, 3.63) is 23.9 Å². The first-order valence-corrected chi connectivity index (χ1v) is 12.4. The highest BCUT2D eigenvalue weighted by atomic mass is 16.6. The van der Waals surface area contributed by atoms with Crippen LogP contribution >= 0.6 is 0 Å². The van der Waals surface area contributed by atoms with Crippen molar-refractivity contribution in [3.8, 4) is 6.07 Å². The lowest BCUT2D eigenvalue weighted by Crippen LogP contribution is -2.59. The summed E-state index contributed by atoms with van der Waals surface area (Å²) in [6.07, 6.45) is 9.26. The predicted molar refractivity (Wildman–Crippen MR) is 120 cm³/mol. The van der Waals surface area contributed by atoms with E-state index in [-0.39, 0.29) is 29.6 Å². The van der Waals surface area contributed by atoms with Crippen molar-refractivity contribution in [2.45, 2.75) is 69.6 Å². The third kappa shape index (κ3) is 3.92. The first-order valence-electron chi connectivity index (χ1n) is 12.4. The lowest BCUT2D eigenvalue weighted by Gasteiger charge is -2.58. The average Bonchev–Trinajstić information content (AvgIpc) is 3.50. The van der Waals surface area contributed by atoms with E-state index < -0.39 is 0 Å². The van der Waals surface area contributed by atoms with Gasteiger partial charge in [-0.05, 0) is 81.3 Å². The summed E-state index contributed by atoms with van der Waals surface area (Å²) in [4.78, 5) is 32.1. The Balaban J connectivity index is 1.05. The molecule has 7 rings (SSSR count). The maximum absolute atomic E-state index is 13.1. The summed E-state index contributed by atoms with van der Waals surface area (Å²) >= 11 is 0.